The molecule has 1 aromatic heterocycles. The highest BCUT2D eigenvalue weighted by Gasteiger charge is 2.22. The molecule has 1 fully saturated rings. The number of aliphatic imine (C=N–C) groups is 1. The van der Waals surface area contributed by atoms with Gasteiger partial charge in [0.05, 0.1) is 24.3 Å². The molecule has 158 valence electrons. The fourth-order valence-electron chi connectivity index (χ4n) is 2.66. The maximum Gasteiger partial charge on any atom is 0.232 e. The quantitative estimate of drug-likeness (QED) is 0.315. The van der Waals surface area contributed by atoms with E-state index in [1.807, 2.05) is 6.92 Å². The van der Waals surface area contributed by atoms with Crippen molar-refractivity contribution >= 4 is 57.7 Å². The number of rotatable bonds is 6. The Balaban J connectivity index is 0.00000392. The van der Waals surface area contributed by atoms with Crippen molar-refractivity contribution in [2.75, 3.05) is 65.4 Å². The number of nitrogens with one attached hydrogen (secondary N) is 1. The fourth-order valence-corrected chi connectivity index (χ4v) is 3.02. The number of hydrogen-bond donors (Lipinski definition) is 1. The molecule has 0 saturated carbocycles. The monoisotopic (exact) mass is 569 g/mol. The van der Waals surface area contributed by atoms with E-state index in [1.165, 1.54) is 0 Å². The van der Waals surface area contributed by atoms with E-state index in [9.17, 15) is 4.79 Å². The van der Waals surface area contributed by atoms with E-state index >= 15 is 0 Å². The van der Waals surface area contributed by atoms with Gasteiger partial charge >= 0.3 is 0 Å². The van der Waals surface area contributed by atoms with Crippen LogP contribution in [-0.2, 0) is 4.79 Å². The Kier molecular flexibility index (Phi) is 10.8. The number of anilines is 1. The summed E-state index contributed by atoms with van der Waals surface area (Å²) in [6.07, 6.45) is 2.12. The Hall–Kier alpha value is -1.37. The van der Waals surface area contributed by atoms with Gasteiger partial charge in [0.15, 0.2) is 5.96 Å². The van der Waals surface area contributed by atoms with Crippen LogP contribution in [0.3, 0.4) is 0 Å². The van der Waals surface area contributed by atoms with Crippen LogP contribution in [0.25, 0.3) is 0 Å². The number of halogens is 2. The number of carbonyl (C=O) groups is 1. The summed E-state index contributed by atoms with van der Waals surface area (Å²) in [5.41, 5.74) is 0. The number of aromatic nitrogens is 2. The Morgan fingerprint density at radius 1 is 1.36 bits per heavy atom. The summed E-state index contributed by atoms with van der Waals surface area (Å²) in [7, 11) is 5.11. The Bertz CT molecular complexity index is 667. The molecule has 28 heavy (non-hydrogen) atoms. The first kappa shape index (κ1) is 24.7. The number of ether oxygens (including phenoxy) is 1. The number of nitrogens with zero attached hydrogens (tertiary/aromatic N) is 6. The molecule has 2 rings (SSSR count). The maximum absolute atomic E-state index is 11.7. The summed E-state index contributed by atoms with van der Waals surface area (Å²) < 4.78 is 5.99. The average Bonchev–Trinajstić information content (AvgIpc) is 2.67. The normalized spacial score (nSPS) is 14.4. The van der Waals surface area contributed by atoms with Gasteiger partial charge in [-0.1, -0.05) is 0 Å². The number of methoxy groups -OCH3 is 1. The minimum atomic E-state index is 0. The first-order valence-electron chi connectivity index (χ1n) is 9.01. The van der Waals surface area contributed by atoms with Crippen LogP contribution >= 0.6 is 39.9 Å². The third-order valence-electron chi connectivity index (χ3n) is 4.18. The zero-order valence-electron chi connectivity index (χ0n) is 16.8. The molecule has 0 radical (unpaired) electrons. The van der Waals surface area contributed by atoms with Crippen molar-refractivity contribution in [3.63, 3.8) is 0 Å². The van der Waals surface area contributed by atoms with Crippen LogP contribution in [0.4, 0.5) is 5.95 Å². The van der Waals surface area contributed by atoms with E-state index in [0.717, 1.165) is 43.2 Å². The Labute approximate surface area is 192 Å². The summed E-state index contributed by atoms with van der Waals surface area (Å²) in [5.74, 6) is 2.12. The summed E-state index contributed by atoms with van der Waals surface area (Å²) in [6, 6.07) is 0. The van der Waals surface area contributed by atoms with Crippen molar-refractivity contribution in [2.24, 2.45) is 4.99 Å². The molecule has 2 heterocycles. The first-order chi connectivity index (χ1) is 13.0. The lowest BCUT2D eigenvalue weighted by molar-refractivity contribution is -0.128. The van der Waals surface area contributed by atoms with E-state index in [0.29, 0.717) is 24.8 Å². The average molecular weight is 570 g/mol. The zero-order valence-corrected chi connectivity index (χ0v) is 20.7. The largest absolute Gasteiger partial charge is 0.480 e. The lowest BCUT2D eigenvalue weighted by Crippen LogP contribution is -2.53. The van der Waals surface area contributed by atoms with Crippen molar-refractivity contribution in [1.29, 1.82) is 0 Å². The second-order valence-electron chi connectivity index (χ2n) is 6.28. The van der Waals surface area contributed by atoms with Gasteiger partial charge in [0, 0.05) is 53.2 Å². The van der Waals surface area contributed by atoms with Gasteiger partial charge in [-0.15, -0.1) is 24.0 Å². The number of carbonyl (C=O) groups excluding carboxylic acids is 1. The molecule has 1 aromatic rings. The van der Waals surface area contributed by atoms with Gasteiger partial charge in [-0.2, -0.15) is 4.98 Å². The molecule has 9 nitrogen and oxygen atoms in total. The summed E-state index contributed by atoms with van der Waals surface area (Å²) in [6.45, 7) is 6.47. The van der Waals surface area contributed by atoms with Gasteiger partial charge in [0.1, 0.15) is 0 Å². The van der Waals surface area contributed by atoms with Crippen molar-refractivity contribution in [1.82, 2.24) is 25.1 Å². The minimum absolute atomic E-state index is 0. The van der Waals surface area contributed by atoms with Crippen LogP contribution in [0.15, 0.2) is 15.7 Å². The number of piperazine rings is 1. The first-order valence-corrected chi connectivity index (χ1v) is 9.80. The van der Waals surface area contributed by atoms with Crippen LogP contribution in [0.1, 0.15) is 13.3 Å². The highest BCUT2D eigenvalue weighted by molar-refractivity contribution is 14.0. The third-order valence-corrected chi connectivity index (χ3v) is 4.72. The standard InChI is InChI=1S/C17H28BrN7O2.HI/c1-5-19-16(20-7-6-14(26)23(2)3)24-8-10-25(11-9-24)17-21-12-13(18)15(22-17)27-4;/h12H,5-11H2,1-4H3,(H,19,20);1H. The highest BCUT2D eigenvalue weighted by Crippen LogP contribution is 2.23. The van der Waals surface area contributed by atoms with E-state index in [-0.39, 0.29) is 29.9 Å². The molecule has 1 aliphatic heterocycles. The second kappa shape index (κ2) is 12.2. The van der Waals surface area contributed by atoms with Crippen LogP contribution in [-0.4, -0.2) is 92.1 Å². The van der Waals surface area contributed by atoms with Gasteiger partial charge in [-0.25, -0.2) is 4.98 Å². The van der Waals surface area contributed by atoms with Gasteiger partial charge in [-0.05, 0) is 22.9 Å². The van der Waals surface area contributed by atoms with Crippen LogP contribution in [0, 0.1) is 0 Å². The van der Waals surface area contributed by atoms with E-state index in [4.69, 9.17) is 4.74 Å². The molecular weight excluding hydrogens is 541 g/mol. The maximum atomic E-state index is 11.7. The number of hydrogen-bond acceptors (Lipinski definition) is 6. The van der Waals surface area contributed by atoms with Crippen LogP contribution < -0.4 is 15.0 Å². The molecule has 0 aromatic carbocycles. The lowest BCUT2D eigenvalue weighted by atomic mass is 10.3. The molecular formula is C17H29BrIN7O2. The van der Waals surface area contributed by atoms with Gasteiger partial charge in [0.25, 0.3) is 0 Å². The van der Waals surface area contributed by atoms with E-state index in [2.05, 4.69) is 46.0 Å². The fraction of sp³-hybridized carbons (Fsp3) is 0.647. The molecule has 1 aliphatic rings. The summed E-state index contributed by atoms with van der Waals surface area (Å²) >= 11 is 3.38. The molecule has 11 heteroatoms. The molecule has 0 aliphatic carbocycles. The van der Waals surface area contributed by atoms with Crippen molar-refractivity contribution in [3.05, 3.63) is 10.7 Å². The molecule has 0 atom stereocenters. The topological polar surface area (TPSA) is 86.2 Å². The molecule has 1 amide bonds. The van der Waals surface area contributed by atoms with Gasteiger partial charge < -0.3 is 24.8 Å². The number of amides is 1. The molecule has 1 N–H and O–H groups in total. The smallest absolute Gasteiger partial charge is 0.232 e. The molecule has 0 spiro atoms. The summed E-state index contributed by atoms with van der Waals surface area (Å²) in [5, 5.41) is 3.31. The Morgan fingerprint density at radius 3 is 2.61 bits per heavy atom. The van der Waals surface area contributed by atoms with Gasteiger partial charge in [-0.3, -0.25) is 9.79 Å². The summed E-state index contributed by atoms with van der Waals surface area (Å²) in [4.78, 5) is 31.1. The highest BCUT2D eigenvalue weighted by atomic mass is 127. The van der Waals surface area contributed by atoms with Crippen LogP contribution in [0.5, 0.6) is 5.88 Å². The molecule has 0 unspecified atom stereocenters. The van der Waals surface area contributed by atoms with Gasteiger partial charge in [0.2, 0.25) is 17.7 Å². The van der Waals surface area contributed by atoms with Crippen molar-refractivity contribution < 1.29 is 9.53 Å². The lowest BCUT2D eigenvalue weighted by Gasteiger charge is -2.36. The minimum Gasteiger partial charge on any atom is -0.480 e. The van der Waals surface area contributed by atoms with Crippen LogP contribution in [0.2, 0.25) is 0 Å². The third kappa shape index (κ3) is 6.90. The van der Waals surface area contributed by atoms with E-state index in [1.54, 1.807) is 32.3 Å². The second-order valence-corrected chi connectivity index (χ2v) is 7.13. The zero-order chi connectivity index (χ0) is 19.8. The van der Waals surface area contributed by atoms with E-state index < -0.39 is 0 Å². The number of guanidine groups is 1. The van der Waals surface area contributed by atoms with Crippen molar-refractivity contribution in [3.8, 4) is 5.88 Å². The predicted octanol–water partition coefficient (Wildman–Crippen LogP) is 1.43. The molecule has 1 saturated heterocycles. The van der Waals surface area contributed by atoms with Crippen molar-refractivity contribution in [2.45, 2.75) is 13.3 Å². The molecule has 0 bridgehead atoms. The SMILES string of the molecule is CCNC(=NCCC(=O)N(C)C)N1CCN(c2ncc(Br)c(OC)n2)CC1.I. The predicted molar refractivity (Wildman–Crippen MR) is 125 cm³/mol. The Morgan fingerprint density at radius 2 is 2.04 bits per heavy atom.